The summed E-state index contributed by atoms with van der Waals surface area (Å²) in [6, 6.07) is 18.3. The molecule has 0 spiro atoms. The number of guanidine groups is 1. The summed E-state index contributed by atoms with van der Waals surface area (Å²) in [4.78, 5) is 37.4. The first-order valence-corrected chi connectivity index (χ1v) is 11.2. The highest BCUT2D eigenvalue weighted by molar-refractivity contribution is 5.92. The van der Waals surface area contributed by atoms with Crippen molar-refractivity contribution in [1.29, 1.82) is 0 Å². The van der Waals surface area contributed by atoms with Gasteiger partial charge in [0.2, 0.25) is 11.8 Å². The maximum absolute atomic E-state index is 13.5. The van der Waals surface area contributed by atoms with E-state index in [9.17, 15) is 9.59 Å². The third kappa shape index (κ3) is 7.47. The van der Waals surface area contributed by atoms with E-state index in [1.165, 1.54) is 0 Å². The summed E-state index contributed by atoms with van der Waals surface area (Å²) in [6.45, 7) is 0.791. The molecule has 1 aromatic heterocycles. The molecule has 178 valence electrons. The maximum Gasteiger partial charge on any atom is 0.242 e. The zero-order valence-electron chi connectivity index (χ0n) is 19.0. The minimum Gasteiger partial charge on any atom is -0.370 e. The number of aliphatic imine (C=N–C) groups is 1. The summed E-state index contributed by atoms with van der Waals surface area (Å²) in [5.41, 5.74) is 13.4. The molecular formula is C25H31N7O2. The van der Waals surface area contributed by atoms with E-state index in [0.29, 0.717) is 32.4 Å². The van der Waals surface area contributed by atoms with Crippen LogP contribution in [0.2, 0.25) is 0 Å². The van der Waals surface area contributed by atoms with Gasteiger partial charge in [-0.05, 0) is 24.0 Å². The van der Waals surface area contributed by atoms with E-state index in [0.717, 1.165) is 16.8 Å². The molecule has 0 aliphatic rings. The van der Waals surface area contributed by atoms with E-state index in [-0.39, 0.29) is 17.8 Å². The second-order valence-electron chi connectivity index (χ2n) is 7.88. The van der Waals surface area contributed by atoms with Gasteiger partial charge < -0.3 is 27.1 Å². The Hall–Kier alpha value is -4.14. The minimum atomic E-state index is -0.724. The van der Waals surface area contributed by atoms with Crippen molar-refractivity contribution in [2.24, 2.45) is 16.5 Å². The van der Waals surface area contributed by atoms with Gasteiger partial charge in [0, 0.05) is 31.4 Å². The Labute approximate surface area is 199 Å². The largest absolute Gasteiger partial charge is 0.370 e. The number of carbonyl (C=O) groups excluding carboxylic acids is 2. The monoisotopic (exact) mass is 461 g/mol. The van der Waals surface area contributed by atoms with Crippen LogP contribution in [0.1, 0.15) is 35.6 Å². The molecule has 2 amide bonds. The van der Waals surface area contributed by atoms with Crippen molar-refractivity contribution in [3.63, 3.8) is 0 Å². The van der Waals surface area contributed by atoms with Crippen molar-refractivity contribution >= 4 is 17.8 Å². The Kier molecular flexibility index (Phi) is 9.21. The first-order chi connectivity index (χ1) is 16.5. The van der Waals surface area contributed by atoms with E-state index in [1.807, 2.05) is 60.7 Å². The molecule has 3 aromatic rings. The maximum atomic E-state index is 13.5. The van der Waals surface area contributed by atoms with Gasteiger partial charge in [0.1, 0.15) is 6.04 Å². The fourth-order valence-electron chi connectivity index (χ4n) is 3.68. The van der Waals surface area contributed by atoms with Crippen LogP contribution in [-0.2, 0) is 16.0 Å². The lowest BCUT2D eigenvalue weighted by Crippen LogP contribution is -2.48. The number of aromatic amines is 1. The lowest BCUT2D eigenvalue weighted by Gasteiger charge is -2.23. The summed E-state index contributed by atoms with van der Waals surface area (Å²) in [5.74, 6) is -1.04. The van der Waals surface area contributed by atoms with Crippen LogP contribution in [0.4, 0.5) is 0 Å². The van der Waals surface area contributed by atoms with Crippen molar-refractivity contribution in [2.45, 2.75) is 31.2 Å². The number of hydrogen-bond donors (Lipinski definition) is 5. The van der Waals surface area contributed by atoms with Crippen LogP contribution in [0.3, 0.4) is 0 Å². The average molecular weight is 462 g/mol. The second kappa shape index (κ2) is 12.8. The summed E-state index contributed by atoms with van der Waals surface area (Å²) >= 11 is 0. The zero-order valence-corrected chi connectivity index (χ0v) is 19.0. The molecule has 9 nitrogen and oxygen atoms in total. The van der Waals surface area contributed by atoms with E-state index < -0.39 is 12.0 Å². The summed E-state index contributed by atoms with van der Waals surface area (Å²) in [7, 11) is 0. The molecule has 0 aliphatic carbocycles. The van der Waals surface area contributed by atoms with Crippen LogP contribution in [0, 0.1) is 0 Å². The first kappa shape index (κ1) is 24.5. The molecule has 0 aliphatic heterocycles. The van der Waals surface area contributed by atoms with E-state index in [4.69, 9.17) is 11.5 Å². The molecule has 0 radical (unpaired) electrons. The van der Waals surface area contributed by atoms with E-state index >= 15 is 0 Å². The molecule has 2 aromatic carbocycles. The number of H-pyrrole nitrogens is 1. The summed E-state index contributed by atoms with van der Waals surface area (Å²) < 4.78 is 0. The number of rotatable bonds is 12. The molecule has 3 rings (SSSR count). The van der Waals surface area contributed by atoms with Gasteiger partial charge in [0.15, 0.2) is 5.96 Å². The van der Waals surface area contributed by atoms with E-state index in [2.05, 4.69) is 25.6 Å². The number of nitrogens with one attached hydrogen (secondary N) is 3. The number of carbonyl (C=O) groups is 2. The topological polar surface area (TPSA) is 151 Å². The number of nitrogens with two attached hydrogens (primary N) is 2. The normalized spacial score (nSPS) is 11.6. The lowest BCUT2D eigenvalue weighted by molar-refractivity contribution is -0.129. The number of hydrogen-bond acceptors (Lipinski definition) is 4. The van der Waals surface area contributed by atoms with Gasteiger partial charge >= 0.3 is 0 Å². The molecule has 0 saturated carbocycles. The highest BCUT2D eigenvalue weighted by atomic mass is 16.2. The van der Waals surface area contributed by atoms with Crippen molar-refractivity contribution < 1.29 is 9.59 Å². The molecule has 0 saturated heterocycles. The van der Waals surface area contributed by atoms with Gasteiger partial charge in [-0.15, -0.1) is 0 Å². The highest BCUT2D eigenvalue weighted by Gasteiger charge is 2.27. The standard InChI is InChI=1S/C25H31N7O2/c26-25(27)30-14-7-12-21(23(33)29-15-13-20-16-28-17-31-20)32-24(34)22(18-8-3-1-4-9-18)19-10-5-2-6-11-19/h1-6,8-11,16-17,21-22H,7,12-15H2,(H,28,31)(H,29,33)(H,32,34)(H4,26,27,30)/t21-/m0/s1. The molecule has 7 N–H and O–H groups in total. The van der Waals surface area contributed by atoms with Crippen molar-refractivity contribution in [1.82, 2.24) is 20.6 Å². The lowest BCUT2D eigenvalue weighted by atomic mass is 9.90. The number of nitrogens with zero attached hydrogens (tertiary/aromatic N) is 2. The number of amides is 2. The molecule has 0 bridgehead atoms. The van der Waals surface area contributed by atoms with Crippen LogP contribution < -0.4 is 22.1 Å². The Morgan fingerprint density at radius 2 is 1.62 bits per heavy atom. The Balaban J connectivity index is 1.72. The molecule has 9 heteroatoms. The molecule has 1 heterocycles. The third-order valence-corrected chi connectivity index (χ3v) is 5.35. The van der Waals surface area contributed by atoms with Crippen LogP contribution >= 0.6 is 0 Å². The Bertz CT molecular complexity index is 1010. The number of benzene rings is 2. The Morgan fingerprint density at radius 1 is 0.971 bits per heavy atom. The van der Waals surface area contributed by atoms with Crippen molar-refractivity contribution in [3.8, 4) is 0 Å². The quantitative estimate of drug-likeness (QED) is 0.157. The number of aromatic nitrogens is 2. The first-order valence-electron chi connectivity index (χ1n) is 11.2. The molecular weight excluding hydrogens is 430 g/mol. The van der Waals surface area contributed by atoms with Crippen molar-refractivity contribution in [2.75, 3.05) is 13.1 Å². The predicted molar refractivity (Wildman–Crippen MR) is 132 cm³/mol. The third-order valence-electron chi connectivity index (χ3n) is 5.35. The summed E-state index contributed by atoms with van der Waals surface area (Å²) in [6.07, 6.45) is 4.85. The predicted octanol–water partition coefficient (Wildman–Crippen LogP) is 1.44. The van der Waals surface area contributed by atoms with Crippen LogP contribution in [0.25, 0.3) is 0 Å². The zero-order chi connectivity index (χ0) is 24.2. The minimum absolute atomic E-state index is 0.00202. The van der Waals surface area contributed by atoms with Crippen LogP contribution in [0.15, 0.2) is 78.2 Å². The van der Waals surface area contributed by atoms with Gasteiger partial charge in [-0.3, -0.25) is 14.6 Å². The van der Waals surface area contributed by atoms with Gasteiger partial charge in [0.05, 0.1) is 12.2 Å². The molecule has 0 unspecified atom stereocenters. The Morgan fingerprint density at radius 3 is 2.18 bits per heavy atom. The van der Waals surface area contributed by atoms with Crippen molar-refractivity contribution in [3.05, 3.63) is 90.0 Å². The fourth-order valence-corrected chi connectivity index (χ4v) is 3.68. The summed E-state index contributed by atoms with van der Waals surface area (Å²) in [5, 5.41) is 5.87. The SMILES string of the molecule is NC(N)=NCCC[C@H](NC(=O)C(c1ccccc1)c1ccccc1)C(=O)NCCc1cnc[nH]1. The van der Waals surface area contributed by atoms with Crippen LogP contribution in [-0.4, -0.2) is 46.9 Å². The van der Waals surface area contributed by atoms with Gasteiger partial charge in [-0.1, -0.05) is 60.7 Å². The smallest absolute Gasteiger partial charge is 0.242 e. The molecule has 1 atom stereocenters. The van der Waals surface area contributed by atoms with Gasteiger partial charge in [-0.25, -0.2) is 4.98 Å². The molecule has 0 fully saturated rings. The van der Waals surface area contributed by atoms with Gasteiger partial charge in [0.25, 0.3) is 0 Å². The molecule has 34 heavy (non-hydrogen) atoms. The van der Waals surface area contributed by atoms with Gasteiger partial charge in [-0.2, -0.15) is 0 Å². The van der Waals surface area contributed by atoms with Crippen LogP contribution in [0.5, 0.6) is 0 Å². The highest BCUT2D eigenvalue weighted by Crippen LogP contribution is 2.25. The second-order valence-corrected chi connectivity index (χ2v) is 7.88. The average Bonchev–Trinajstić information content (AvgIpc) is 3.36. The number of imidazole rings is 1. The fraction of sp³-hybridized carbons (Fsp3) is 0.280. The van der Waals surface area contributed by atoms with E-state index in [1.54, 1.807) is 12.5 Å².